The van der Waals surface area contributed by atoms with Gasteiger partial charge in [-0.05, 0) is 12.1 Å². The number of carbonyl (C=O) groups excluding carboxylic acids is 2. The molecule has 1 aromatic rings. The molecule has 8 heteroatoms. The third-order valence-corrected chi connectivity index (χ3v) is 3.27. The number of carbonyl (C=O) groups is 2. The van der Waals surface area contributed by atoms with Crippen LogP contribution in [0.3, 0.4) is 0 Å². The zero-order chi connectivity index (χ0) is 15.8. The minimum Gasteiger partial charge on any atom is -0.377 e. The monoisotopic (exact) mass is 308 g/mol. The fourth-order valence-corrected chi connectivity index (χ4v) is 2.07. The Bertz CT molecular complexity index is 497. The third kappa shape index (κ3) is 4.68. The molecule has 0 unspecified atom stereocenters. The number of urea groups is 1. The smallest absolute Gasteiger partial charge is 0.315 e. The van der Waals surface area contributed by atoms with Crippen LogP contribution >= 0.6 is 0 Å². The van der Waals surface area contributed by atoms with Crippen LogP contribution in [0.5, 0.6) is 0 Å². The zero-order valence-electron chi connectivity index (χ0n) is 12.4. The van der Waals surface area contributed by atoms with Crippen molar-refractivity contribution in [1.82, 2.24) is 20.9 Å². The van der Waals surface area contributed by atoms with E-state index in [1.165, 1.54) is 6.20 Å². The van der Waals surface area contributed by atoms with Crippen molar-refractivity contribution in [2.24, 2.45) is 0 Å². The van der Waals surface area contributed by atoms with Crippen LogP contribution in [0.1, 0.15) is 10.4 Å². The van der Waals surface area contributed by atoms with Gasteiger partial charge in [0.25, 0.3) is 5.91 Å². The Morgan fingerprint density at radius 2 is 2.18 bits per heavy atom. The lowest BCUT2D eigenvalue weighted by molar-refractivity contribution is 0.0745. The molecule has 1 aromatic heterocycles. The highest BCUT2D eigenvalue weighted by atomic mass is 16.5. The normalized spacial score (nSPS) is 20.4. The summed E-state index contributed by atoms with van der Waals surface area (Å²) in [6.45, 7) is 1.56. The molecule has 1 aliphatic rings. The summed E-state index contributed by atoms with van der Waals surface area (Å²) in [6.07, 6.45) is 2.96. The van der Waals surface area contributed by atoms with Crippen LogP contribution in [0.25, 0.3) is 0 Å². The number of rotatable bonds is 6. The number of pyridine rings is 1. The van der Waals surface area contributed by atoms with Crippen LogP contribution in [0.4, 0.5) is 4.79 Å². The van der Waals surface area contributed by atoms with E-state index in [0.717, 1.165) is 0 Å². The van der Waals surface area contributed by atoms with Crippen molar-refractivity contribution in [2.45, 2.75) is 12.1 Å². The molecule has 3 N–H and O–H groups in total. The summed E-state index contributed by atoms with van der Waals surface area (Å²) < 4.78 is 10.4. The first-order valence-corrected chi connectivity index (χ1v) is 7.04. The second kappa shape index (κ2) is 8.30. The Hall–Kier alpha value is -2.19. The van der Waals surface area contributed by atoms with E-state index in [2.05, 4.69) is 20.9 Å². The number of nitrogens with zero attached hydrogens (tertiary/aromatic N) is 1. The number of aromatic nitrogens is 1. The average Bonchev–Trinajstić information content (AvgIpc) is 2.99. The predicted octanol–water partition coefficient (Wildman–Crippen LogP) is -0.476. The van der Waals surface area contributed by atoms with Crippen LogP contribution in [0.2, 0.25) is 0 Å². The number of ether oxygens (including phenoxy) is 2. The number of methoxy groups -OCH3 is 1. The minimum absolute atomic E-state index is 0.129. The lowest BCUT2D eigenvalue weighted by Crippen LogP contribution is -2.49. The largest absolute Gasteiger partial charge is 0.377 e. The van der Waals surface area contributed by atoms with Gasteiger partial charge in [-0.1, -0.05) is 0 Å². The average molecular weight is 308 g/mol. The summed E-state index contributed by atoms with van der Waals surface area (Å²) in [6, 6.07) is 2.90. The standard InChI is InChI=1S/C14H20N4O4/c1-21-12-9-22-8-11(12)18-14(20)17-6-5-16-13(19)10-3-2-4-15-7-10/h2-4,7,11-12H,5-6,8-9H2,1H3,(H,16,19)(H2,17,18,20)/t11-,12-/m0/s1. The molecule has 0 saturated carbocycles. The summed E-state index contributed by atoms with van der Waals surface area (Å²) in [4.78, 5) is 27.3. The van der Waals surface area contributed by atoms with Crippen molar-refractivity contribution in [2.75, 3.05) is 33.4 Å². The quantitative estimate of drug-likeness (QED) is 0.616. The van der Waals surface area contributed by atoms with E-state index in [0.29, 0.717) is 31.9 Å². The fraction of sp³-hybridized carbons (Fsp3) is 0.500. The van der Waals surface area contributed by atoms with Gasteiger partial charge in [-0.15, -0.1) is 0 Å². The Balaban J connectivity index is 1.62. The number of nitrogens with one attached hydrogen (secondary N) is 3. The van der Waals surface area contributed by atoms with Gasteiger partial charge in [-0.3, -0.25) is 9.78 Å². The van der Waals surface area contributed by atoms with Gasteiger partial charge in [0.1, 0.15) is 6.10 Å². The molecule has 2 rings (SSSR count). The van der Waals surface area contributed by atoms with Crippen molar-refractivity contribution in [1.29, 1.82) is 0 Å². The van der Waals surface area contributed by atoms with E-state index in [1.807, 2.05) is 0 Å². The van der Waals surface area contributed by atoms with E-state index < -0.39 is 0 Å². The Labute approximate surface area is 128 Å². The predicted molar refractivity (Wildman–Crippen MR) is 78.5 cm³/mol. The summed E-state index contributed by atoms with van der Waals surface area (Å²) >= 11 is 0. The molecule has 1 aliphatic heterocycles. The fourth-order valence-electron chi connectivity index (χ4n) is 2.07. The van der Waals surface area contributed by atoms with E-state index in [1.54, 1.807) is 25.4 Å². The topological polar surface area (TPSA) is 102 Å². The van der Waals surface area contributed by atoms with Crippen molar-refractivity contribution >= 4 is 11.9 Å². The molecule has 0 aliphatic carbocycles. The molecule has 22 heavy (non-hydrogen) atoms. The molecule has 1 fully saturated rings. The Morgan fingerprint density at radius 3 is 2.91 bits per heavy atom. The van der Waals surface area contributed by atoms with E-state index in [9.17, 15) is 9.59 Å². The van der Waals surface area contributed by atoms with Crippen LogP contribution in [-0.4, -0.2) is 62.5 Å². The van der Waals surface area contributed by atoms with Crippen LogP contribution in [0.15, 0.2) is 24.5 Å². The minimum atomic E-state index is -0.312. The third-order valence-electron chi connectivity index (χ3n) is 3.27. The highest BCUT2D eigenvalue weighted by Crippen LogP contribution is 2.08. The molecule has 120 valence electrons. The van der Waals surface area contributed by atoms with Gasteiger partial charge < -0.3 is 25.4 Å². The molecular formula is C14H20N4O4. The first kappa shape index (κ1) is 16.2. The Morgan fingerprint density at radius 1 is 1.36 bits per heavy atom. The molecule has 0 radical (unpaired) electrons. The maximum absolute atomic E-state index is 11.7. The van der Waals surface area contributed by atoms with Gasteiger partial charge in [0.05, 0.1) is 24.8 Å². The molecule has 0 bridgehead atoms. The van der Waals surface area contributed by atoms with Crippen molar-refractivity contribution < 1.29 is 19.1 Å². The van der Waals surface area contributed by atoms with Crippen LogP contribution < -0.4 is 16.0 Å². The van der Waals surface area contributed by atoms with Crippen LogP contribution in [-0.2, 0) is 9.47 Å². The van der Waals surface area contributed by atoms with Gasteiger partial charge >= 0.3 is 6.03 Å². The summed E-state index contributed by atoms with van der Waals surface area (Å²) in [5.74, 6) is -0.223. The first-order chi connectivity index (χ1) is 10.7. The number of hydrogen-bond acceptors (Lipinski definition) is 5. The second-order valence-corrected chi connectivity index (χ2v) is 4.82. The van der Waals surface area contributed by atoms with Crippen molar-refractivity contribution in [3.05, 3.63) is 30.1 Å². The lowest BCUT2D eigenvalue weighted by Gasteiger charge is -2.18. The Kier molecular flexibility index (Phi) is 6.11. The molecule has 8 nitrogen and oxygen atoms in total. The maximum atomic E-state index is 11.7. The van der Waals surface area contributed by atoms with Gasteiger partial charge in [0, 0.05) is 32.6 Å². The van der Waals surface area contributed by atoms with Crippen LogP contribution in [0, 0.1) is 0 Å². The second-order valence-electron chi connectivity index (χ2n) is 4.82. The van der Waals surface area contributed by atoms with Crippen molar-refractivity contribution in [3.8, 4) is 0 Å². The van der Waals surface area contributed by atoms with E-state index in [4.69, 9.17) is 9.47 Å². The zero-order valence-corrected chi connectivity index (χ0v) is 12.4. The number of amides is 3. The van der Waals surface area contributed by atoms with E-state index in [-0.39, 0.29) is 24.1 Å². The molecule has 1 saturated heterocycles. The van der Waals surface area contributed by atoms with Crippen molar-refractivity contribution in [3.63, 3.8) is 0 Å². The molecule has 2 heterocycles. The first-order valence-electron chi connectivity index (χ1n) is 7.04. The molecule has 0 aromatic carbocycles. The van der Waals surface area contributed by atoms with Gasteiger partial charge in [0.15, 0.2) is 0 Å². The summed E-state index contributed by atoms with van der Waals surface area (Å²) in [5, 5.41) is 8.14. The number of hydrogen-bond donors (Lipinski definition) is 3. The van der Waals surface area contributed by atoms with Gasteiger partial charge in [-0.2, -0.15) is 0 Å². The summed E-state index contributed by atoms with van der Waals surface area (Å²) in [5.41, 5.74) is 0.484. The molecule has 0 spiro atoms. The van der Waals surface area contributed by atoms with Gasteiger partial charge in [0.2, 0.25) is 0 Å². The molecule has 3 amide bonds. The van der Waals surface area contributed by atoms with Gasteiger partial charge in [-0.25, -0.2) is 4.79 Å². The highest BCUT2D eigenvalue weighted by molar-refractivity contribution is 5.93. The molecule has 2 atom stereocenters. The lowest BCUT2D eigenvalue weighted by atomic mass is 10.2. The summed E-state index contributed by atoms with van der Waals surface area (Å²) in [7, 11) is 1.58. The highest BCUT2D eigenvalue weighted by Gasteiger charge is 2.29. The molecular weight excluding hydrogens is 288 g/mol. The maximum Gasteiger partial charge on any atom is 0.315 e. The SMILES string of the molecule is CO[C@H]1COC[C@@H]1NC(=O)NCCNC(=O)c1cccnc1. The van der Waals surface area contributed by atoms with E-state index >= 15 is 0 Å².